The highest BCUT2D eigenvalue weighted by atomic mass is 15.0. The Morgan fingerprint density at radius 1 is 0.295 bits per heavy atom. The van der Waals surface area contributed by atoms with Crippen LogP contribution in [0.3, 0.4) is 0 Å². The molecule has 2 heteroatoms. The van der Waals surface area contributed by atoms with Crippen LogP contribution in [0.15, 0.2) is 158 Å². The third-order valence-electron chi connectivity index (χ3n) is 9.45. The second-order valence-electron chi connectivity index (χ2n) is 11.7. The Morgan fingerprint density at radius 2 is 0.909 bits per heavy atom. The van der Waals surface area contributed by atoms with Crippen molar-refractivity contribution in [2.45, 2.75) is 0 Å². The molecular weight excluding hydrogens is 532 g/mol. The highest BCUT2D eigenvalue weighted by Crippen LogP contribution is 2.45. The van der Waals surface area contributed by atoms with Crippen LogP contribution in [0.4, 0.5) is 0 Å². The van der Waals surface area contributed by atoms with Gasteiger partial charge in [-0.2, -0.15) is 0 Å². The summed E-state index contributed by atoms with van der Waals surface area (Å²) in [7, 11) is 0. The van der Waals surface area contributed by atoms with Crippen molar-refractivity contribution >= 4 is 75.9 Å². The first-order valence-electron chi connectivity index (χ1n) is 15.2. The minimum atomic E-state index is 1.17. The predicted molar refractivity (Wildman–Crippen MR) is 188 cm³/mol. The molecule has 0 N–H and O–H groups in total. The Labute approximate surface area is 253 Å². The van der Waals surface area contributed by atoms with Gasteiger partial charge >= 0.3 is 0 Å². The largest absolute Gasteiger partial charge is 0.309 e. The number of hydrogen-bond donors (Lipinski definition) is 0. The maximum Gasteiger partial charge on any atom is 0.0626 e. The van der Waals surface area contributed by atoms with Crippen LogP contribution in [-0.2, 0) is 0 Å². The van der Waals surface area contributed by atoms with Crippen molar-refractivity contribution in [1.29, 1.82) is 0 Å². The van der Waals surface area contributed by atoms with E-state index in [0.717, 1.165) is 0 Å². The molecule has 0 aliphatic carbocycles. The second kappa shape index (κ2) is 8.82. The molecule has 0 aliphatic rings. The number of hydrogen-bond acceptors (Lipinski definition) is 0. The van der Waals surface area contributed by atoms with E-state index >= 15 is 0 Å². The lowest BCUT2D eigenvalue weighted by Gasteiger charge is -2.13. The van der Waals surface area contributed by atoms with E-state index in [9.17, 15) is 0 Å². The van der Waals surface area contributed by atoms with E-state index in [1.807, 2.05) is 0 Å². The maximum atomic E-state index is 2.54. The van der Waals surface area contributed by atoms with Crippen LogP contribution in [0.2, 0.25) is 0 Å². The van der Waals surface area contributed by atoms with Gasteiger partial charge in [0.05, 0.1) is 22.1 Å². The zero-order chi connectivity index (χ0) is 28.8. The Hall–Kier alpha value is -5.86. The monoisotopic (exact) mass is 558 g/mol. The molecule has 0 aliphatic heterocycles. The maximum absolute atomic E-state index is 2.54. The third kappa shape index (κ3) is 3.09. The van der Waals surface area contributed by atoms with E-state index in [1.165, 1.54) is 87.3 Å². The molecule has 2 heterocycles. The van der Waals surface area contributed by atoms with Gasteiger partial charge in [0.1, 0.15) is 0 Å². The molecule has 0 unspecified atom stereocenters. The molecule has 0 saturated carbocycles. The molecule has 2 nitrogen and oxygen atoms in total. The SMILES string of the molecule is c1ccc(-n2c3ccccc3c3cc(-n4c5c6ccccc6ccc5c5c6ccccc6c6ccccc6c54)ccc32)cc1. The van der Waals surface area contributed by atoms with Crippen molar-refractivity contribution in [3.8, 4) is 11.4 Å². The van der Waals surface area contributed by atoms with E-state index in [2.05, 4.69) is 167 Å². The number of para-hydroxylation sites is 2. The molecule has 0 bridgehead atoms. The lowest BCUT2D eigenvalue weighted by molar-refractivity contribution is 1.17. The zero-order valence-corrected chi connectivity index (χ0v) is 23.9. The second-order valence-corrected chi connectivity index (χ2v) is 11.7. The Bertz CT molecular complexity index is 2760. The van der Waals surface area contributed by atoms with E-state index in [-0.39, 0.29) is 0 Å². The van der Waals surface area contributed by atoms with Crippen molar-refractivity contribution in [2.75, 3.05) is 0 Å². The summed E-state index contributed by atoms with van der Waals surface area (Å²) >= 11 is 0. The van der Waals surface area contributed by atoms with E-state index in [0.29, 0.717) is 0 Å². The fourth-order valence-electron chi connectivity index (χ4n) is 7.65. The summed E-state index contributed by atoms with van der Waals surface area (Å²) in [5, 5.41) is 12.8. The summed E-state index contributed by atoms with van der Waals surface area (Å²) in [5.41, 5.74) is 7.29. The van der Waals surface area contributed by atoms with Crippen molar-refractivity contribution in [2.24, 2.45) is 0 Å². The first-order chi connectivity index (χ1) is 21.9. The molecule has 0 fully saturated rings. The summed E-state index contributed by atoms with van der Waals surface area (Å²) in [6.07, 6.45) is 0. The highest BCUT2D eigenvalue weighted by Gasteiger charge is 2.21. The van der Waals surface area contributed by atoms with Gasteiger partial charge in [0.15, 0.2) is 0 Å². The molecule has 0 atom stereocenters. The lowest BCUT2D eigenvalue weighted by atomic mass is 9.96. The van der Waals surface area contributed by atoms with Gasteiger partial charge in [-0.3, -0.25) is 0 Å². The minimum absolute atomic E-state index is 1.17. The Balaban J connectivity index is 1.43. The Morgan fingerprint density at radius 3 is 1.73 bits per heavy atom. The van der Waals surface area contributed by atoms with Crippen LogP contribution in [0.5, 0.6) is 0 Å². The van der Waals surface area contributed by atoms with Gasteiger partial charge in [0, 0.05) is 43.7 Å². The van der Waals surface area contributed by atoms with Crippen molar-refractivity contribution in [3.63, 3.8) is 0 Å². The number of nitrogens with zero attached hydrogens (tertiary/aromatic N) is 2. The zero-order valence-electron chi connectivity index (χ0n) is 23.9. The molecular formula is C42H26N2. The third-order valence-corrected chi connectivity index (χ3v) is 9.45. The first-order valence-corrected chi connectivity index (χ1v) is 15.2. The van der Waals surface area contributed by atoms with Crippen LogP contribution >= 0.6 is 0 Å². The topological polar surface area (TPSA) is 9.86 Å². The molecule has 0 radical (unpaired) electrons. The summed E-state index contributed by atoms with van der Waals surface area (Å²) in [6.45, 7) is 0. The van der Waals surface area contributed by atoms with Gasteiger partial charge < -0.3 is 9.13 Å². The molecule has 10 rings (SSSR count). The fraction of sp³-hybridized carbons (Fsp3) is 0. The number of rotatable bonds is 2. The smallest absolute Gasteiger partial charge is 0.0626 e. The predicted octanol–water partition coefficient (Wildman–Crippen LogP) is 11.3. The number of aromatic nitrogens is 2. The van der Waals surface area contributed by atoms with Gasteiger partial charge in [-0.1, -0.05) is 121 Å². The van der Waals surface area contributed by atoms with E-state index in [4.69, 9.17) is 0 Å². The van der Waals surface area contributed by atoms with Crippen molar-refractivity contribution in [3.05, 3.63) is 158 Å². The number of benzene rings is 8. The van der Waals surface area contributed by atoms with E-state index < -0.39 is 0 Å². The minimum Gasteiger partial charge on any atom is -0.309 e. The van der Waals surface area contributed by atoms with Crippen LogP contribution in [-0.4, -0.2) is 9.13 Å². The summed E-state index contributed by atoms with van der Waals surface area (Å²) in [4.78, 5) is 0. The van der Waals surface area contributed by atoms with Crippen molar-refractivity contribution in [1.82, 2.24) is 9.13 Å². The van der Waals surface area contributed by atoms with Crippen molar-refractivity contribution < 1.29 is 0 Å². The standard InChI is InChI=1S/C42H26N2/c1-2-13-28(14-3-1)43-38-21-11-10-18-33(38)37-26-29(23-25-39(37)43)44-41-30-15-5-4-12-27(30)22-24-36(41)40-34-19-8-6-16-31(34)32-17-7-9-20-35(32)42(40)44/h1-26H. The summed E-state index contributed by atoms with van der Waals surface area (Å²) < 4.78 is 4.93. The molecule has 204 valence electrons. The molecule has 0 amide bonds. The van der Waals surface area contributed by atoms with Gasteiger partial charge in [0.2, 0.25) is 0 Å². The summed E-state index contributed by atoms with van der Waals surface area (Å²) in [6, 6.07) is 57.7. The molecule has 0 saturated heterocycles. The molecule has 0 spiro atoms. The van der Waals surface area contributed by atoms with Gasteiger partial charge in [-0.15, -0.1) is 0 Å². The molecule has 2 aromatic heterocycles. The Kier molecular flexibility index (Phi) is 4.75. The fourth-order valence-corrected chi connectivity index (χ4v) is 7.65. The molecule has 8 aromatic carbocycles. The van der Waals surface area contributed by atoms with Gasteiger partial charge in [-0.25, -0.2) is 0 Å². The average molecular weight is 559 g/mol. The van der Waals surface area contributed by atoms with Gasteiger partial charge in [0.25, 0.3) is 0 Å². The normalized spacial score (nSPS) is 12.1. The van der Waals surface area contributed by atoms with Crippen LogP contribution in [0.25, 0.3) is 87.3 Å². The summed E-state index contributed by atoms with van der Waals surface area (Å²) in [5.74, 6) is 0. The lowest BCUT2D eigenvalue weighted by Crippen LogP contribution is -1.97. The highest BCUT2D eigenvalue weighted by molar-refractivity contribution is 6.34. The van der Waals surface area contributed by atoms with E-state index in [1.54, 1.807) is 0 Å². The first kappa shape index (κ1) is 23.7. The average Bonchev–Trinajstić information content (AvgIpc) is 3.62. The van der Waals surface area contributed by atoms with Crippen LogP contribution in [0.1, 0.15) is 0 Å². The van der Waals surface area contributed by atoms with Crippen LogP contribution in [0, 0.1) is 0 Å². The molecule has 44 heavy (non-hydrogen) atoms. The van der Waals surface area contributed by atoms with Gasteiger partial charge in [-0.05, 0) is 57.9 Å². The van der Waals surface area contributed by atoms with Crippen LogP contribution < -0.4 is 0 Å². The molecule has 10 aromatic rings. The quantitative estimate of drug-likeness (QED) is 0.187. The number of fused-ring (bicyclic) bond motifs is 13.